The average molecular weight is 327 g/mol. The molecule has 7 heteroatoms. The first-order valence-electron chi connectivity index (χ1n) is 7.48. The number of fused-ring (bicyclic) bond motifs is 1. The molecule has 3 aromatic rings. The molecule has 1 saturated heterocycles. The Morgan fingerprint density at radius 3 is 2.57 bits per heavy atom. The van der Waals surface area contributed by atoms with Crippen LogP contribution in [0.25, 0.3) is 22.3 Å². The number of nitrogens with zero attached hydrogens (tertiary/aromatic N) is 4. The number of aromatic nitrogens is 3. The third-order valence-electron chi connectivity index (χ3n) is 4.07. The highest BCUT2D eigenvalue weighted by Gasteiger charge is 2.19. The number of nitrogens with two attached hydrogens (primary N) is 1. The molecule has 3 heterocycles. The van der Waals surface area contributed by atoms with Crippen molar-refractivity contribution in [1.82, 2.24) is 13.9 Å². The van der Waals surface area contributed by atoms with Crippen LogP contribution < -0.4 is 10.6 Å². The molecule has 0 radical (unpaired) electrons. The average Bonchev–Trinajstić information content (AvgIpc) is 2.93. The molecular weight excluding hydrogens is 310 g/mol. The van der Waals surface area contributed by atoms with Crippen LogP contribution in [-0.2, 0) is 4.74 Å². The highest BCUT2D eigenvalue weighted by molar-refractivity contribution is 7.78. The molecule has 0 saturated carbocycles. The molecule has 1 aliphatic heterocycles. The molecule has 1 aromatic carbocycles. The third-order valence-corrected chi connectivity index (χ3v) is 4.47. The lowest BCUT2D eigenvalue weighted by Gasteiger charge is -2.28. The van der Waals surface area contributed by atoms with E-state index >= 15 is 0 Å². The number of morpholine rings is 1. The largest absolute Gasteiger partial charge is 0.399 e. The van der Waals surface area contributed by atoms with Crippen molar-refractivity contribution in [3.05, 3.63) is 36.7 Å². The van der Waals surface area contributed by atoms with Crippen molar-refractivity contribution in [2.45, 2.75) is 0 Å². The molecule has 23 heavy (non-hydrogen) atoms. The fraction of sp³-hybridized carbons (Fsp3) is 0.250. The number of hydrogen-bond acceptors (Lipinski definition) is 6. The van der Waals surface area contributed by atoms with Crippen molar-refractivity contribution < 1.29 is 4.74 Å². The highest BCUT2D eigenvalue weighted by atomic mass is 32.1. The summed E-state index contributed by atoms with van der Waals surface area (Å²) in [5.41, 5.74) is 9.33. The van der Waals surface area contributed by atoms with E-state index in [0.717, 1.165) is 60.1 Å². The predicted molar refractivity (Wildman–Crippen MR) is 94.8 cm³/mol. The summed E-state index contributed by atoms with van der Waals surface area (Å²) in [4.78, 5) is 11.1. The normalized spacial score (nSPS) is 15.3. The Balaban J connectivity index is 1.85. The van der Waals surface area contributed by atoms with Crippen molar-refractivity contribution in [3.8, 4) is 11.3 Å². The number of nitrogen functional groups attached to an aromatic ring is 1. The van der Waals surface area contributed by atoms with Gasteiger partial charge in [0.1, 0.15) is 12.1 Å². The van der Waals surface area contributed by atoms with Gasteiger partial charge in [-0.05, 0) is 23.8 Å². The van der Waals surface area contributed by atoms with Crippen molar-refractivity contribution in [2.24, 2.45) is 0 Å². The van der Waals surface area contributed by atoms with Crippen LogP contribution in [0.5, 0.6) is 0 Å². The van der Waals surface area contributed by atoms with Gasteiger partial charge in [0.2, 0.25) is 0 Å². The predicted octanol–water partition coefficient (Wildman–Crippen LogP) is 2.21. The minimum Gasteiger partial charge on any atom is -0.399 e. The van der Waals surface area contributed by atoms with E-state index < -0.39 is 0 Å². The van der Waals surface area contributed by atoms with Crippen molar-refractivity contribution in [1.29, 1.82) is 0 Å². The summed E-state index contributed by atoms with van der Waals surface area (Å²) in [5.74, 6) is 0.933. The van der Waals surface area contributed by atoms with Gasteiger partial charge in [-0.3, -0.25) is 3.97 Å². The third kappa shape index (κ3) is 2.51. The monoisotopic (exact) mass is 327 g/mol. The lowest BCUT2D eigenvalue weighted by Crippen LogP contribution is -2.36. The van der Waals surface area contributed by atoms with Crippen LogP contribution in [0.15, 0.2) is 36.7 Å². The molecule has 0 atom stereocenters. The van der Waals surface area contributed by atoms with Gasteiger partial charge in [-0.2, -0.15) is 0 Å². The zero-order valence-corrected chi connectivity index (χ0v) is 13.4. The van der Waals surface area contributed by atoms with Crippen molar-refractivity contribution in [2.75, 3.05) is 36.9 Å². The van der Waals surface area contributed by atoms with Crippen LogP contribution in [0.3, 0.4) is 0 Å². The lowest BCUT2D eigenvalue weighted by molar-refractivity contribution is 0.122. The summed E-state index contributed by atoms with van der Waals surface area (Å²) in [5, 5.41) is 0.997. The number of rotatable bonds is 2. The van der Waals surface area contributed by atoms with Crippen molar-refractivity contribution in [3.63, 3.8) is 0 Å². The summed E-state index contributed by atoms with van der Waals surface area (Å²) < 4.78 is 7.22. The molecule has 0 spiro atoms. The number of anilines is 2. The van der Waals surface area contributed by atoms with E-state index in [0.29, 0.717) is 0 Å². The molecule has 2 N–H and O–H groups in total. The van der Waals surface area contributed by atoms with Gasteiger partial charge in [0, 0.05) is 18.8 Å². The summed E-state index contributed by atoms with van der Waals surface area (Å²) in [6.07, 6.45) is 1.59. The Labute approximate surface area is 139 Å². The zero-order valence-electron chi connectivity index (χ0n) is 12.5. The second kappa shape index (κ2) is 5.75. The Hall–Kier alpha value is -2.25. The molecule has 0 amide bonds. The summed E-state index contributed by atoms with van der Waals surface area (Å²) in [6.45, 7) is 3.11. The topological polar surface area (TPSA) is 69.2 Å². The Morgan fingerprint density at radius 2 is 1.83 bits per heavy atom. The van der Waals surface area contributed by atoms with E-state index in [4.69, 9.17) is 10.5 Å². The Bertz CT molecular complexity index is 840. The van der Waals surface area contributed by atoms with E-state index in [2.05, 4.69) is 33.7 Å². The molecule has 1 fully saturated rings. The Kier molecular flexibility index (Phi) is 3.59. The highest BCUT2D eigenvalue weighted by Crippen LogP contribution is 2.33. The fourth-order valence-electron chi connectivity index (χ4n) is 2.87. The number of benzene rings is 1. The molecule has 118 valence electrons. The minimum absolute atomic E-state index is 0.720. The van der Waals surface area contributed by atoms with Crippen LogP contribution in [0, 0.1) is 0 Å². The van der Waals surface area contributed by atoms with Gasteiger partial charge < -0.3 is 15.4 Å². The van der Waals surface area contributed by atoms with Crippen LogP contribution in [0.2, 0.25) is 0 Å². The fourth-order valence-corrected chi connectivity index (χ4v) is 3.21. The van der Waals surface area contributed by atoms with Gasteiger partial charge in [0.05, 0.1) is 24.3 Å². The van der Waals surface area contributed by atoms with Gasteiger partial charge >= 0.3 is 0 Å². The lowest BCUT2D eigenvalue weighted by atomic mass is 10.1. The summed E-state index contributed by atoms with van der Waals surface area (Å²) in [7, 11) is 0. The number of thiol groups is 1. The molecule has 6 nitrogen and oxygen atoms in total. The molecule has 1 aliphatic rings. The molecule has 2 aromatic heterocycles. The van der Waals surface area contributed by atoms with Crippen LogP contribution in [-0.4, -0.2) is 40.2 Å². The van der Waals surface area contributed by atoms with E-state index in [1.54, 1.807) is 10.3 Å². The summed E-state index contributed by atoms with van der Waals surface area (Å²) >= 11 is 4.62. The second-order valence-corrected chi connectivity index (χ2v) is 5.90. The van der Waals surface area contributed by atoms with Gasteiger partial charge in [-0.1, -0.05) is 24.9 Å². The molecule has 4 rings (SSSR count). The van der Waals surface area contributed by atoms with E-state index in [-0.39, 0.29) is 0 Å². The van der Waals surface area contributed by atoms with E-state index in [1.165, 1.54) is 0 Å². The van der Waals surface area contributed by atoms with Gasteiger partial charge in [-0.25, -0.2) is 9.97 Å². The van der Waals surface area contributed by atoms with Gasteiger partial charge in [-0.15, -0.1) is 0 Å². The van der Waals surface area contributed by atoms with Crippen LogP contribution >= 0.6 is 12.8 Å². The quantitative estimate of drug-likeness (QED) is 0.558. The molecule has 0 unspecified atom stereocenters. The number of hydrogen-bond donors (Lipinski definition) is 2. The van der Waals surface area contributed by atoms with Crippen LogP contribution in [0.4, 0.5) is 11.5 Å². The van der Waals surface area contributed by atoms with Gasteiger partial charge in [0.15, 0.2) is 5.65 Å². The summed E-state index contributed by atoms with van der Waals surface area (Å²) in [6, 6.07) is 9.82. The maximum Gasteiger partial charge on any atom is 0.155 e. The van der Waals surface area contributed by atoms with Gasteiger partial charge in [0.25, 0.3) is 0 Å². The SMILES string of the molecule is Nc1ccc(-c2cc3c(N4CCOCC4)ncnc3n2S)cc1. The molecule has 0 aliphatic carbocycles. The number of ether oxygens (including phenoxy) is 1. The van der Waals surface area contributed by atoms with Crippen molar-refractivity contribution >= 4 is 35.4 Å². The standard InChI is InChI=1S/C16H17N5OS/c17-12-3-1-11(2-4-12)14-9-13-15(20-5-7-22-8-6-20)18-10-19-16(13)21(14)23/h1-4,9-10,23H,5-8,17H2. The van der Waals surface area contributed by atoms with E-state index in [9.17, 15) is 0 Å². The maximum absolute atomic E-state index is 5.77. The van der Waals surface area contributed by atoms with Crippen LogP contribution in [0.1, 0.15) is 0 Å². The zero-order chi connectivity index (χ0) is 15.8. The first-order chi connectivity index (χ1) is 11.2. The smallest absolute Gasteiger partial charge is 0.155 e. The Morgan fingerprint density at radius 1 is 1.09 bits per heavy atom. The van der Waals surface area contributed by atoms with E-state index in [1.807, 2.05) is 24.3 Å². The first-order valence-corrected chi connectivity index (χ1v) is 7.88. The minimum atomic E-state index is 0.720. The molecule has 0 bridgehead atoms. The molecular formula is C16H17N5OS. The maximum atomic E-state index is 5.77. The second-order valence-electron chi connectivity index (χ2n) is 5.50. The first kappa shape index (κ1) is 14.3.